The Morgan fingerprint density at radius 3 is 2.96 bits per heavy atom. The average molecular weight is 324 g/mol. The molecule has 3 nitrogen and oxygen atoms in total. The number of thiophene rings is 1. The zero-order valence-corrected chi connectivity index (χ0v) is 13.8. The number of nitrogens with zero attached hydrogens (tertiary/aromatic N) is 2. The van der Waals surface area contributed by atoms with E-state index in [2.05, 4.69) is 51.4 Å². The number of hydrogen-bond acceptors (Lipinski definition) is 2. The molecule has 1 aliphatic heterocycles. The van der Waals surface area contributed by atoms with Crippen molar-refractivity contribution in [3.05, 3.63) is 58.9 Å². The van der Waals surface area contributed by atoms with Crippen LogP contribution in [-0.2, 0) is 11.3 Å². The van der Waals surface area contributed by atoms with E-state index >= 15 is 0 Å². The molecule has 0 saturated carbocycles. The lowest BCUT2D eigenvalue weighted by Crippen LogP contribution is -2.30. The van der Waals surface area contributed by atoms with Gasteiger partial charge in [0.15, 0.2) is 0 Å². The first kappa shape index (κ1) is 14.5. The van der Waals surface area contributed by atoms with Gasteiger partial charge in [0.25, 0.3) is 0 Å². The van der Waals surface area contributed by atoms with Crippen LogP contribution in [0.1, 0.15) is 30.2 Å². The molecule has 1 atom stereocenters. The van der Waals surface area contributed by atoms with Gasteiger partial charge in [-0.2, -0.15) is 0 Å². The van der Waals surface area contributed by atoms with E-state index in [1.165, 1.54) is 15.8 Å². The molecule has 1 aliphatic rings. The van der Waals surface area contributed by atoms with Gasteiger partial charge in [-0.15, -0.1) is 11.3 Å². The minimum Gasteiger partial charge on any atom is -0.347 e. The van der Waals surface area contributed by atoms with Crippen LogP contribution in [0.5, 0.6) is 0 Å². The van der Waals surface area contributed by atoms with Crippen molar-refractivity contribution in [2.75, 3.05) is 6.54 Å². The van der Waals surface area contributed by atoms with E-state index in [-0.39, 0.29) is 5.91 Å². The number of carbonyl (C=O) groups excluding carboxylic acids is 1. The normalized spacial score (nSPS) is 17.9. The SMILES string of the molecule is O=C(CCn1ccc2ccccc21)N1CCCC1c1cccs1. The fourth-order valence-electron chi connectivity index (χ4n) is 3.54. The molecule has 1 unspecified atom stereocenters. The summed E-state index contributed by atoms with van der Waals surface area (Å²) < 4.78 is 2.18. The number of carbonyl (C=O) groups is 1. The van der Waals surface area contributed by atoms with Crippen molar-refractivity contribution in [3.63, 3.8) is 0 Å². The van der Waals surface area contributed by atoms with Gasteiger partial charge in [0, 0.05) is 36.1 Å². The lowest BCUT2D eigenvalue weighted by atomic mass is 10.2. The number of rotatable bonds is 4. The predicted molar refractivity (Wildman–Crippen MR) is 94.6 cm³/mol. The Morgan fingerprint density at radius 1 is 1.17 bits per heavy atom. The summed E-state index contributed by atoms with van der Waals surface area (Å²) in [5.74, 6) is 0.277. The van der Waals surface area contributed by atoms with Gasteiger partial charge >= 0.3 is 0 Å². The van der Waals surface area contributed by atoms with E-state index in [1.807, 2.05) is 12.1 Å². The molecule has 0 spiro atoms. The van der Waals surface area contributed by atoms with Crippen LogP contribution in [0.15, 0.2) is 54.0 Å². The summed E-state index contributed by atoms with van der Waals surface area (Å²) in [4.78, 5) is 16.1. The lowest BCUT2D eigenvalue weighted by Gasteiger charge is -2.24. The van der Waals surface area contributed by atoms with Gasteiger partial charge < -0.3 is 9.47 Å². The summed E-state index contributed by atoms with van der Waals surface area (Å²) in [5.41, 5.74) is 1.21. The van der Waals surface area contributed by atoms with Crippen molar-refractivity contribution in [1.82, 2.24) is 9.47 Å². The first-order valence-electron chi connectivity index (χ1n) is 8.20. The number of aromatic nitrogens is 1. The first-order chi connectivity index (χ1) is 11.3. The van der Waals surface area contributed by atoms with Crippen LogP contribution in [-0.4, -0.2) is 21.9 Å². The molecule has 4 rings (SSSR count). The van der Waals surface area contributed by atoms with E-state index in [9.17, 15) is 4.79 Å². The third kappa shape index (κ3) is 2.79. The van der Waals surface area contributed by atoms with Crippen molar-refractivity contribution in [2.24, 2.45) is 0 Å². The second kappa shape index (κ2) is 6.20. The van der Waals surface area contributed by atoms with E-state index in [1.54, 1.807) is 11.3 Å². The topological polar surface area (TPSA) is 25.2 Å². The van der Waals surface area contributed by atoms with Gasteiger partial charge in [0.2, 0.25) is 5.91 Å². The van der Waals surface area contributed by atoms with Gasteiger partial charge in [-0.05, 0) is 41.8 Å². The summed E-state index contributed by atoms with van der Waals surface area (Å²) in [7, 11) is 0. The smallest absolute Gasteiger partial charge is 0.224 e. The van der Waals surface area contributed by atoms with E-state index in [0.717, 1.165) is 25.9 Å². The molecule has 3 aromatic rings. The van der Waals surface area contributed by atoms with Crippen molar-refractivity contribution >= 4 is 28.1 Å². The molecule has 3 heterocycles. The number of hydrogen-bond donors (Lipinski definition) is 0. The Labute approximate surface area is 140 Å². The Hall–Kier alpha value is -2.07. The van der Waals surface area contributed by atoms with Gasteiger partial charge in [-0.1, -0.05) is 24.3 Å². The molecule has 1 aromatic carbocycles. The van der Waals surface area contributed by atoms with Crippen LogP contribution < -0.4 is 0 Å². The molecule has 0 aliphatic carbocycles. The highest BCUT2D eigenvalue weighted by atomic mass is 32.1. The van der Waals surface area contributed by atoms with Crippen LogP contribution in [0.2, 0.25) is 0 Å². The summed E-state index contributed by atoms with van der Waals surface area (Å²) in [6.45, 7) is 1.65. The highest BCUT2D eigenvalue weighted by molar-refractivity contribution is 7.10. The van der Waals surface area contributed by atoms with E-state index < -0.39 is 0 Å². The third-order valence-corrected chi connectivity index (χ3v) is 5.67. The lowest BCUT2D eigenvalue weighted by molar-refractivity contribution is -0.132. The number of likely N-dealkylation sites (tertiary alicyclic amines) is 1. The molecule has 1 fully saturated rings. The number of aryl methyl sites for hydroxylation is 1. The van der Waals surface area contributed by atoms with Crippen molar-refractivity contribution in [2.45, 2.75) is 31.8 Å². The zero-order valence-electron chi connectivity index (χ0n) is 13.0. The molecule has 0 radical (unpaired) electrons. The summed E-state index contributed by atoms with van der Waals surface area (Å²) in [5, 5.41) is 3.33. The van der Waals surface area contributed by atoms with Gasteiger partial charge in [-0.3, -0.25) is 4.79 Å². The summed E-state index contributed by atoms with van der Waals surface area (Å²) in [6.07, 6.45) is 4.86. The summed E-state index contributed by atoms with van der Waals surface area (Å²) >= 11 is 1.76. The Kier molecular flexibility index (Phi) is 3.92. The number of para-hydroxylation sites is 1. The average Bonchev–Trinajstić information content (AvgIpc) is 3.31. The van der Waals surface area contributed by atoms with Gasteiger partial charge in [0.05, 0.1) is 6.04 Å². The Balaban J connectivity index is 1.45. The summed E-state index contributed by atoms with van der Waals surface area (Å²) in [6, 6.07) is 15.0. The Morgan fingerprint density at radius 2 is 2.09 bits per heavy atom. The van der Waals surface area contributed by atoms with Crippen LogP contribution >= 0.6 is 11.3 Å². The van der Waals surface area contributed by atoms with Crippen LogP contribution in [0, 0.1) is 0 Å². The number of benzene rings is 1. The zero-order chi connectivity index (χ0) is 15.6. The molecule has 0 bridgehead atoms. The number of fused-ring (bicyclic) bond motifs is 1. The molecular formula is C19H20N2OS. The van der Waals surface area contributed by atoms with Crippen LogP contribution in [0.25, 0.3) is 10.9 Å². The van der Waals surface area contributed by atoms with Gasteiger partial charge in [0.1, 0.15) is 0 Å². The second-order valence-electron chi connectivity index (χ2n) is 6.08. The minimum atomic E-state index is 0.277. The fourth-order valence-corrected chi connectivity index (χ4v) is 4.41. The maximum atomic E-state index is 12.7. The van der Waals surface area contributed by atoms with Crippen LogP contribution in [0.4, 0.5) is 0 Å². The molecule has 118 valence electrons. The van der Waals surface area contributed by atoms with Crippen molar-refractivity contribution < 1.29 is 4.79 Å². The highest BCUT2D eigenvalue weighted by Crippen LogP contribution is 2.34. The van der Waals surface area contributed by atoms with E-state index in [0.29, 0.717) is 12.5 Å². The molecule has 2 aromatic heterocycles. The highest BCUT2D eigenvalue weighted by Gasteiger charge is 2.30. The largest absolute Gasteiger partial charge is 0.347 e. The maximum absolute atomic E-state index is 12.7. The maximum Gasteiger partial charge on any atom is 0.224 e. The fraction of sp³-hybridized carbons (Fsp3) is 0.316. The molecule has 4 heteroatoms. The first-order valence-corrected chi connectivity index (χ1v) is 9.07. The molecular weight excluding hydrogens is 304 g/mol. The minimum absolute atomic E-state index is 0.277. The number of amides is 1. The van der Waals surface area contributed by atoms with Crippen molar-refractivity contribution in [1.29, 1.82) is 0 Å². The molecule has 1 saturated heterocycles. The Bertz CT molecular complexity index is 806. The quantitative estimate of drug-likeness (QED) is 0.696. The second-order valence-corrected chi connectivity index (χ2v) is 7.06. The predicted octanol–water partition coefficient (Wildman–Crippen LogP) is 4.46. The van der Waals surface area contributed by atoms with Crippen LogP contribution in [0.3, 0.4) is 0 Å². The molecule has 0 N–H and O–H groups in total. The molecule has 23 heavy (non-hydrogen) atoms. The van der Waals surface area contributed by atoms with E-state index in [4.69, 9.17) is 0 Å². The third-order valence-electron chi connectivity index (χ3n) is 4.69. The molecule has 1 amide bonds. The van der Waals surface area contributed by atoms with Gasteiger partial charge in [-0.25, -0.2) is 0 Å². The van der Waals surface area contributed by atoms with Crippen molar-refractivity contribution in [3.8, 4) is 0 Å². The monoisotopic (exact) mass is 324 g/mol. The standard InChI is InChI=1S/C19H20N2OS/c22-19(21-11-3-7-17(21)18-8-4-14-23-18)10-13-20-12-9-15-5-1-2-6-16(15)20/h1-2,4-6,8-9,12,14,17H,3,7,10-11,13H2.